The topological polar surface area (TPSA) is 57.4 Å². The van der Waals surface area contributed by atoms with Crippen molar-refractivity contribution in [3.63, 3.8) is 0 Å². The molecule has 1 rings (SSSR count). The van der Waals surface area contributed by atoms with E-state index in [2.05, 4.69) is 14.5 Å². The highest BCUT2D eigenvalue weighted by molar-refractivity contribution is 5.60. The number of ether oxygens (including phenoxy) is 2. The van der Waals surface area contributed by atoms with Crippen LogP contribution in [0, 0.1) is 0 Å². The molecule has 0 radical (unpaired) electrons. The van der Waals surface area contributed by atoms with E-state index >= 15 is 0 Å². The van der Waals surface area contributed by atoms with Gasteiger partial charge in [0, 0.05) is 0 Å². The summed E-state index contributed by atoms with van der Waals surface area (Å²) in [5.41, 5.74) is 5.07. The second-order valence-electron chi connectivity index (χ2n) is 2.30. The second kappa shape index (κ2) is 3.60. The summed E-state index contributed by atoms with van der Waals surface area (Å²) in [6.07, 6.45) is -2.73. The maximum atomic E-state index is 11.8. The molecule has 0 aliphatic carbocycles. The smallest absolute Gasteiger partial charge is 0.493 e. The van der Waals surface area contributed by atoms with Crippen LogP contribution >= 0.6 is 0 Å². The van der Waals surface area contributed by atoms with Gasteiger partial charge in [-0.15, -0.1) is 13.2 Å². The zero-order valence-corrected chi connectivity index (χ0v) is 7.13. The number of anilines is 1. The normalized spacial score (nSPS) is 11.1. The van der Waals surface area contributed by atoms with Crippen molar-refractivity contribution in [2.24, 2.45) is 0 Å². The average molecular weight is 208 g/mol. The minimum absolute atomic E-state index is 0.0340. The third-order valence-corrected chi connectivity index (χ3v) is 1.36. The fourth-order valence-corrected chi connectivity index (χ4v) is 0.802. The Bertz CT molecular complexity index is 327. The SMILES string of the molecule is COc1cncc(OC(F)(F)F)c1N. The number of pyridine rings is 1. The van der Waals surface area contributed by atoms with Gasteiger partial charge in [-0.1, -0.05) is 0 Å². The Morgan fingerprint density at radius 3 is 2.36 bits per heavy atom. The molecular formula is C7H7F3N2O2. The van der Waals surface area contributed by atoms with Crippen LogP contribution in [-0.4, -0.2) is 18.5 Å². The van der Waals surface area contributed by atoms with E-state index in [9.17, 15) is 13.2 Å². The van der Waals surface area contributed by atoms with Crippen molar-refractivity contribution in [2.45, 2.75) is 6.36 Å². The van der Waals surface area contributed by atoms with Gasteiger partial charge < -0.3 is 15.2 Å². The number of alkyl halides is 3. The summed E-state index contributed by atoms with van der Waals surface area (Å²) in [6, 6.07) is 0. The highest BCUT2D eigenvalue weighted by Crippen LogP contribution is 2.33. The van der Waals surface area contributed by atoms with Crippen LogP contribution in [-0.2, 0) is 0 Å². The summed E-state index contributed by atoms with van der Waals surface area (Å²) >= 11 is 0. The molecule has 1 aromatic heterocycles. The Kier molecular flexibility index (Phi) is 2.68. The van der Waals surface area contributed by atoms with Crippen molar-refractivity contribution in [2.75, 3.05) is 12.8 Å². The maximum Gasteiger partial charge on any atom is 0.573 e. The van der Waals surface area contributed by atoms with Crippen LogP contribution in [0.3, 0.4) is 0 Å². The summed E-state index contributed by atoms with van der Waals surface area (Å²) in [5, 5.41) is 0. The number of hydrogen-bond donors (Lipinski definition) is 1. The zero-order chi connectivity index (χ0) is 10.8. The summed E-state index contributed by atoms with van der Waals surface area (Å²) in [5.74, 6) is -0.538. The Balaban J connectivity index is 2.98. The molecule has 7 heteroatoms. The molecule has 2 N–H and O–H groups in total. The molecule has 0 spiro atoms. The Labute approximate surface area is 77.4 Å². The number of nitrogens with two attached hydrogens (primary N) is 1. The molecular weight excluding hydrogens is 201 g/mol. The van der Waals surface area contributed by atoms with E-state index in [-0.39, 0.29) is 11.4 Å². The fourth-order valence-electron chi connectivity index (χ4n) is 0.802. The Hall–Kier alpha value is -1.66. The van der Waals surface area contributed by atoms with Crippen LogP contribution in [0.15, 0.2) is 12.4 Å². The van der Waals surface area contributed by atoms with Gasteiger partial charge in [0.05, 0.1) is 19.5 Å². The molecule has 0 bridgehead atoms. The van der Waals surface area contributed by atoms with Crippen molar-refractivity contribution >= 4 is 5.69 Å². The number of methoxy groups -OCH3 is 1. The minimum atomic E-state index is -4.79. The number of aromatic nitrogens is 1. The average Bonchev–Trinajstić information content (AvgIpc) is 2.06. The van der Waals surface area contributed by atoms with Gasteiger partial charge in [0.2, 0.25) is 0 Å². The van der Waals surface area contributed by atoms with Crippen LogP contribution in [0.1, 0.15) is 0 Å². The lowest BCUT2D eigenvalue weighted by atomic mass is 10.3. The van der Waals surface area contributed by atoms with E-state index in [4.69, 9.17) is 5.73 Å². The Morgan fingerprint density at radius 2 is 1.86 bits per heavy atom. The predicted molar refractivity (Wildman–Crippen MR) is 41.9 cm³/mol. The van der Waals surface area contributed by atoms with Gasteiger partial charge in [-0.3, -0.25) is 4.98 Å². The zero-order valence-electron chi connectivity index (χ0n) is 7.13. The molecule has 14 heavy (non-hydrogen) atoms. The largest absolute Gasteiger partial charge is 0.573 e. The monoisotopic (exact) mass is 208 g/mol. The summed E-state index contributed by atoms with van der Waals surface area (Å²) < 4.78 is 43.7. The van der Waals surface area contributed by atoms with Gasteiger partial charge >= 0.3 is 6.36 Å². The van der Waals surface area contributed by atoms with Crippen LogP contribution in [0.5, 0.6) is 11.5 Å². The molecule has 0 fully saturated rings. The van der Waals surface area contributed by atoms with Crippen LogP contribution in [0.4, 0.5) is 18.9 Å². The Morgan fingerprint density at radius 1 is 1.29 bits per heavy atom. The van der Waals surface area contributed by atoms with E-state index in [0.717, 1.165) is 6.20 Å². The van der Waals surface area contributed by atoms with Crippen molar-refractivity contribution in [3.05, 3.63) is 12.4 Å². The molecule has 0 aliphatic heterocycles. The lowest BCUT2D eigenvalue weighted by Gasteiger charge is -2.12. The standard InChI is InChI=1S/C7H7F3N2O2/c1-13-4-2-12-3-5(6(4)11)14-7(8,9)10/h2-3H,1H3,(H2,11,12). The lowest BCUT2D eigenvalue weighted by molar-refractivity contribution is -0.274. The number of nitrogen functional groups attached to an aromatic ring is 1. The number of halogens is 3. The minimum Gasteiger partial charge on any atom is -0.493 e. The molecule has 1 aromatic rings. The second-order valence-corrected chi connectivity index (χ2v) is 2.30. The number of rotatable bonds is 2. The third kappa shape index (κ3) is 2.41. The van der Waals surface area contributed by atoms with Crippen molar-refractivity contribution in [1.29, 1.82) is 0 Å². The van der Waals surface area contributed by atoms with Crippen molar-refractivity contribution < 1.29 is 22.6 Å². The van der Waals surface area contributed by atoms with E-state index < -0.39 is 12.1 Å². The van der Waals surface area contributed by atoms with E-state index in [1.807, 2.05) is 0 Å². The fraction of sp³-hybridized carbons (Fsp3) is 0.286. The molecule has 4 nitrogen and oxygen atoms in total. The molecule has 0 aromatic carbocycles. The van der Waals surface area contributed by atoms with Gasteiger partial charge in [0.15, 0.2) is 11.5 Å². The third-order valence-electron chi connectivity index (χ3n) is 1.36. The first kappa shape index (κ1) is 10.4. The van der Waals surface area contributed by atoms with Gasteiger partial charge in [0.1, 0.15) is 5.69 Å². The van der Waals surface area contributed by atoms with Gasteiger partial charge in [-0.2, -0.15) is 0 Å². The summed E-state index contributed by atoms with van der Waals surface area (Å²) in [7, 11) is 1.27. The van der Waals surface area contributed by atoms with E-state index in [1.54, 1.807) is 0 Å². The summed E-state index contributed by atoms with van der Waals surface area (Å²) in [4.78, 5) is 3.47. The van der Waals surface area contributed by atoms with Crippen LogP contribution in [0.25, 0.3) is 0 Å². The number of nitrogens with zero attached hydrogens (tertiary/aromatic N) is 1. The summed E-state index contributed by atoms with van der Waals surface area (Å²) in [6.45, 7) is 0. The molecule has 0 aliphatic rings. The molecule has 1 heterocycles. The van der Waals surface area contributed by atoms with E-state index in [1.165, 1.54) is 13.3 Å². The lowest BCUT2D eigenvalue weighted by Crippen LogP contribution is -2.18. The first-order valence-corrected chi connectivity index (χ1v) is 3.47. The molecule has 0 amide bonds. The molecule has 0 saturated heterocycles. The van der Waals surface area contributed by atoms with Gasteiger partial charge in [0.25, 0.3) is 0 Å². The first-order valence-electron chi connectivity index (χ1n) is 3.47. The highest BCUT2D eigenvalue weighted by Gasteiger charge is 2.32. The molecule has 78 valence electrons. The highest BCUT2D eigenvalue weighted by atomic mass is 19.4. The first-order chi connectivity index (χ1) is 6.44. The molecule has 0 unspecified atom stereocenters. The van der Waals surface area contributed by atoms with Gasteiger partial charge in [-0.05, 0) is 0 Å². The van der Waals surface area contributed by atoms with Gasteiger partial charge in [-0.25, -0.2) is 0 Å². The van der Waals surface area contributed by atoms with Crippen molar-refractivity contribution in [1.82, 2.24) is 4.98 Å². The quantitative estimate of drug-likeness (QED) is 0.801. The number of hydrogen-bond acceptors (Lipinski definition) is 4. The maximum absolute atomic E-state index is 11.8. The van der Waals surface area contributed by atoms with Crippen molar-refractivity contribution in [3.8, 4) is 11.5 Å². The molecule has 0 atom stereocenters. The van der Waals surface area contributed by atoms with Crippen LogP contribution in [0.2, 0.25) is 0 Å². The van der Waals surface area contributed by atoms with E-state index in [0.29, 0.717) is 0 Å². The molecule has 0 saturated carbocycles. The van der Waals surface area contributed by atoms with Crippen LogP contribution < -0.4 is 15.2 Å². The predicted octanol–water partition coefficient (Wildman–Crippen LogP) is 1.57.